The molecule has 3 aromatic rings. The van der Waals surface area contributed by atoms with Crippen molar-refractivity contribution in [3.05, 3.63) is 46.7 Å². The molecule has 1 amide bonds. The number of nitrogens with one attached hydrogen (secondary N) is 1. The molecule has 0 aliphatic heterocycles. The summed E-state index contributed by atoms with van der Waals surface area (Å²) in [6, 6.07) is 7.20. The van der Waals surface area contributed by atoms with E-state index in [9.17, 15) is 4.79 Å². The Hall–Kier alpha value is -1.86. The SMILES string of the molecule is O=C(Nc1cccc2nsnc12)c1cncc(Br)c1. The third-order valence-electron chi connectivity index (χ3n) is 2.50. The molecule has 0 bridgehead atoms. The molecule has 3 rings (SSSR count). The van der Waals surface area contributed by atoms with Crippen LogP contribution in [0.15, 0.2) is 41.1 Å². The van der Waals surface area contributed by atoms with Gasteiger partial charge < -0.3 is 5.32 Å². The normalized spacial score (nSPS) is 10.6. The maximum atomic E-state index is 12.1. The van der Waals surface area contributed by atoms with E-state index in [2.05, 4.69) is 35.0 Å². The number of amides is 1. The summed E-state index contributed by atoms with van der Waals surface area (Å²) < 4.78 is 9.06. The average Bonchev–Trinajstić information content (AvgIpc) is 2.88. The van der Waals surface area contributed by atoms with Gasteiger partial charge in [0.2, 0.25) is 0 Å². The van der Waals surface area contributed by atoms with E-state index in [1.807, 2.05) is 12.1 Å². The van der Waals surface area contributed by atoms with Gasteiger partial charge in [-0.15, -0.1) is 0 Å². The molecule has 5 nitrogen and oxygen atoms in total. The van der Waals surface area contributed by atoms with Gasteiger partial charge in [0.1, 0.15) is 11.0 Å². The lowest BCUT2D eigenvalue weighted by molar-refractivity contribution is 0.102. The van der Waals surface area contributed by atoms with Gasteiger partial charge in [-0.05, 0) is 34.1 Å². The van der Waals surface area contributed by atoms with Crippen LogP contribution in [0.5, 0.6) is 0 Å². The third-order valence-corrected chi connectivity index (χ3v) is 3.48. The average molecular weight is 335 g/mol. The van der Waals surface area contributed by atoms with Crippen molar-refractivity contribution in [2.45, 2.75) is 0 Å². The molecular weight excluding hydrogens is 328 g/mol. The number of carbonyl (C=O) groups excluding carboxylic acids is 1. The second-order valence-electron chi connectivity index (χ2n) is 3.78. The maximum absolute atomic E-state index is 12.1. The van der Waals surface area contributed by atoms with E-state index < -0.39 is 0 Å². The van der Waals surface area contributed by atoms with Gasteiger partial charge in [-0.25, -0.2) is 0 Å². The van der Waals surface area contributed by atoms with Crippen molar-refractivity contribution in [3.8, 4) is 0 Å². The van der Waals surface area contributed by atoms with Crippen LogP contribution in [-0.2, 0) is 0 Å². The van der Waals surface area contributed by atoms with Crippen LogP contribution in [0, 0.1) is 0 Å². The molecule has 0 radical (unpaired) electrons. The number of carbonyl (C=O) groups is 1. The van der Waals surface area contributed by atoms with Crippen LogP contribution in [0.2, 0.25) is 0 Å². The predicted octanol–water partition coefficient (Wildman–Crippen LogP) is 3.10. The fraction of sp³-hybridized carbons (Fsp3) is 0. The van der Waals surface area contributed by atoms with Crippen LogP contribution in [0.1, 0.15) is 10.4 Å². The van der Waals surface area contributed by atoms with Crippen molar-refractivity contribution in [2.75, 3.05) is 5.32 Å². The number of pyridine rings is 1. The smallest absolute Gasteiger partial charge is 0.257 e. The Kier molecular flexibility index (Phi) is 3.22. The largest absolute Gasteiger partial charge is 0.320 e. The second kappa shape index (κ2) is 5.02. The first-order valence-corrected chi connectivity index (χ1v) is 6.89. The van der Waals surface area contributed by atoms with Crippen LogP contribution >= 0.6 is 27.7 Å². The van der Waals surface area contributed by atoms with Crippen LogP contribution in [-0.4, -0.2) is 19.6 Å². The molecular formula is C12H7BrN4OS. The van der Waals surface area contributed by atoms with Crippen molar-refractivity contribution in [1.82, 2.24) is 13.7 Å². The highest BCUT2D eigenvalue weighted by Crippen LogP contribution is 2.22. The molecule has 94 valence electrons. The standard InChI is InChI=1S/C12H7BrN4OS/c13-8-4-7(5-14-6-8)12(18)15-9-2-1-3-10-11(9)17-19-16-10/h1-6H,(H,15,18). The summed E-state index contributed by atoms with van der Waals surface area (Å²) in [5.74, 6) is -0.227. The molecule has 2 heterocycles. The van der Waals surface area contributed by atoms with Crippen molar-refractivity contribution >= 4 is 50.3 Å². The van der Waals surface area contributed by atoms with Gasteiger partial charge in [-0.1, -0.05) is 6.07 Å². The van der Waals surface area contributed by atoms with Crippen LogP contribution in [0.25, 0.3) is 11.0 Å². The van der Waals surface area contributed by atoms with Crippen LogP contribution < -0.4 is 5.32 Å². The summed E-state index contributed by atoms with van der Waals surface area (Å²) in [7, 11) is 0. The molecule has 7 heteroatoms. The molecule has 0 aliphatic rings. The van der Waals surface area contributed by atoms with Crippen LogP contribution in [0.3, 0.4) is 0 Å². The molecule has 1 aromatic carbocycles. The summed E-state index contributed by atoms with van der Waals surface area (Å²) in [6.45, 7) is 0. The van der Waals surface area contributed by atoms with Crippen molar-refractivity contribution < 1.29 is 4.79 Å². The number of hydrogen-bond donors (Lipinski definition) is 1. The van der Waals surface area contributed by atoms with E-state index in [0.29, 0.717) is 16.8 Å². The highest BCUT2D eigenvalue weighted by atomic mass is 79.9. The quantitative estimate of drug-likeness (QED) is 0.781. The topological polar surface area (TPSA) is 67.8 Å². The lowest BCUT2D eigenvalue weighted by atomic mass is 10.2. The number of nitrogens with zero attached hydrogens (tertiary/aromatic N) is 3. The summed E-state index contributed by atoms with van der Waals surface area (Å²) >= 11 is 4.41. The molecule has 0 saturated carbocycles. The Morgan fingerprint density at radius 3 is 3.00 bits per heavy atom. The van der Waals surface area contributed by atoms with E-state index in [-0.39, 0.29) is 5.91 Å². The Bertz CT molecular complexity index is 758. The minimum atomic E-state index is -0.227. The molecule has 0 atom stereocenters. The molecule has 0 fully saturated rings. The monoisotopic (exact) mass is 334 g/mol. The van der Waals surface area contributed by atoms with E-state index in [4.69, 9.17) is 0 Å². The Morgan fingerprint density at radius 1 is 1.26 bits per heavy atom. The van der Waals surface area contributed by atoms with Crippen LogP contribution in [0.4, 0.5) is 5.69 Å². The van der Waals surface area contributed by atoms with Crippen molar-refractivity contribution in [2.24, 2.45) is 0 Å². The molecule has 0 spiro atoms. The maximum Gasteiger partial charge on any atom is 0.257 e. The van der Waals surface area contributed by atoms with E-state index in [1.165, 1.54) is 6.20 Å². The number of fused-ring (bicyclic) bond motifs is 1. The van der Waals surface area contributed by atoms with Gasteiger partial charge in [-0.3, -0.25) is 9.78 Å². The van der Waals surface area contributed by atoms with E-state index in [1.54, 1.807) is 18.3 Å². The minimum Gasteiger partial charge on any atom is -0.320 e. The van der Waals surface area contributed by atoms with E-state index >= 15 is 0 Å². The summed E-state index contributed by atoms with van der Waals surface area (Å²) in [5, 5.41) is 2.82. The first kappa shape index (κ1) is 12.2. The molecule has 1 N–H and O–H groups in total. The third kappa shape index (κ3) is 2.47. The number of halogens is 1. The molecule has 19 heavy (non-hydrogen) atoms. The van der Waals surface area contributed by atoms with Crippen molar-refractivity contribution in [3.63, 3.8) is 0 Å². The van der Waals surface area contributed by atoms with Gasteiger partial charge >= 0.3 is 0 Å². The number of benzene rings is 1. The Labute approximate surface area is 121 Å². The zero-order chi connectivity index (χ0) is 13.2. The minimum absolute atomic E-state index is 0.227. The van der Waals surface area contributed by atoms with Gasteiger partial charge in [0.05, 0.1) is 23.0 Å². The zero-order valence-electron chi connectivity index (χ0n) is 9.50. The number of hydrogen-bond acceptors (Lipinski definition) is 5. The molecule has 0 unspecified atom stereocenters. The highest BCUT2D eigenvalue weighted by Gasteiger charge is 2.10. The lowest BCUT2D eigenvalue weighted by Crippen LogP contribution is -2.12. The molecule has 2 aromatic heterocycles. The first-order chi connectivity index (χ1) is 9.24. The Morgan fingerprint density at radius 2 is 2.16 bits per heavy atom. The highest BCUT2D eigenvalue weighted by molar-refractivity contribution is 9.10. The number of aromatic nitrogens is 3. The zero-order valence-corrected chi connectivity index (χ0v) is 11.9. The summed E-state index contributed by atoms with van der Waals surface area (Å²) in [6.07, 6.45) is 3.14. The summed E-state index contributed by atoms with van der Waals surface area (Å²) in [5.41, 5.74) is 2.60. The second-order valence-corrected chi connectivity index (χ2v) is 5.23. The summed E-state index contributed by atoms with van der Waals surface area (Å²) in [4.78, 5) is 16.1. The van der Waals surface area contributed by atoms with Crippen molar-refractivity contribution in [1.29, 1.82) is 0 Å². The van der Waals surface area contributed by atoms with E-state index in [0.717, 1.165) is 21.7 Å². The number of anilines is 1. The fourth-order valence-electron chi connectivity index (χ4n) is 1.64. The number of rotatable bonds is 2. The lowest BCUT2D eigenvalue weighted by Gasteiger charge is -2.05. The molecule has 0 aliphatic carbocycles. The van der Waals surface area contributed by atoms with Gasteiger partial charge in [0.15, 0.2) is 0 Å². The first-order valence-electron chi connectivity index (χ1n) is 5.37. The molecule has 0 saturated heterocycles. The van der Waals surface area contributed by atoms with Gasteiger partial charge in [0.25, 0.3) is 5.91 Å². The van der Waals surface area contributed by atoms with Gasteiger partial charge in [0, 0.05) is 16.9 Å². The predicted molar refractivity (Wildman–Crippen MR) is 77.3 cm³/mol. The fourth-order valence-corrected chi connectivity index (χ4v) is 2.55. The van der Waals surface area contributed by atoms with Gasteiger partial charge in [-0.2, -0.15) is 8.75 Å². The Balaban J connectivity index is 1.93.